The number of amides is 1. The Kier molecular flexibility index (Phi) is 12.7. The van der Waals surface area contributed by atoms with Crippen molar-refractivity contribution in [3.63, 3.8) is 0 Å². The van der Waals surface area contributed by atoms with Gasteiger partial charge in [0.05, 0.1) is 6.04 Å². The molecule has 1 aromatic rings. The molecule has 0 aromatic heterocycles. The van der Waals surface area contributed by atoms with Gasteiger partial charge in [-0.25, -0.2) is 4.79 Å². The van der Waals surface area contributed by atoms with E-state index < -0.39 is 10.3 Å². The number of aliphatic carboxylic acids is 1. The average Bonchev–Trinajstić information content (AvgIpc) is 2.66. The highest BCUT2D eigenvalue weighted by Gasteiger charge is 2.32. The van der Waals surface area contributed by atoms with Crippen molar-refractivity contribution in [1.82, 2.24) is 5.32 Å². The van der Waals surface area contributed by atoms with Crippen LogP contribution >= 0.6 is 34.8 Å². The highest BCUT2D eigenvalue weighted by molar-refractivity contribution is 6.57. The quantitative estimate of drug-likeness (QED) is 0.215. The van der Waals surface area contributed by atoms with Crippen molar-refractivity contribution in [3.8, 4) is 0 Å². The third kappa shape index (κ3) is 11.1. The van der Waals surface area contributed by atoms with Crippen LogP contribution in [0.25, 0.3) is 0 Å². The summed E-state index contributed by atoms with van der Waals surface area (Å²) in [6.45, 7) is 2.00. The molecule has 1 unspecified atom stereocenters. The van der Waals surface area contributed by atoms with E-state index in [1.165, 1.54) is 0 Å². The zero-order valence-electron chi connectivity index (χ0n) is 17.1. The van der Waals surface area contributed by atoms with Gasteiger partial charge in [0.25, 0.3) is 0 Å². The van der Waals surface area contributed by atoms with Gasteiger partial charge in [-0.05, 0) is 43.4 Å². The van der Waals surface area contributed by atoms with Gasteiger partial charge in [-0.1, -0.05) is 92.4 Å². The van der Waals surface area contributed by atoms with Gasteiger partial charge in [0, 0.05) is 11.4 Å². The number of rotatable bonds is 15. The van der Waals surface area contributed by atoms with Gasteiger partial charge in [0.1, 0.15) is 0 Å². The van der Waals surface area contributed by atoms with E-state index in [2.05, 4.69) is 5.32 Å². The molecule has 0 aliphatic rings. The van der Waals surface area contributed by atoms with Crippen LogP contribution in [0.15, 0.2) is 24.3 Å². The molecule has 0 spiro atoms. The minimum absolute atomic E-state index is 0.0166. The summed E-state index contributed by atoms with van der Waals surface area (Å²) < 4.78 is -1.67. The van der Waals surface area contributed by atoms with Crippen LogP contribution in [-0.2, 0) is 9.59 Å². The number of unbranched alkanes of at least 4 members (excludes halogenated alkanes) is 6. The Balaban J connectivity index is 2.28. The summed E-state index contributed by atoms with van der Waals surface area (Å²) in [5, 5.41) is 12.7. The van der Waals surface area contributed by atoms with Crippen molar-refractivity contribution in [1.29, 1.82) is 0 Å². The van der Waals surface area contributed by atoms with Crippen LogP contribution in [0.1, 0.15) is 89.2 Å². The fourth-order valence-corrected chi connectivity index (χ4v) is 3.59. The maximum Gasteiger partial charge on any atom is 0.340 e. The number of benzene rings is 1. The predicted octanol–water partition coefficient (Wildman–Crippen LogP) is 7.07. The Morgan fingerprint density at radius 2 is 1.55 bits per heavy atom. The summed E-state index contributed by atoms with van der Waals surface area (Å²) >= 11 is 17.4. The first-order valence-electron chi connectivity index (χ1n) is 10.4. The summed E-state index contributed by atoms with van der Waals surface area (Å²) in [6, 6.07) is 7.68. The molecule has 0 aliphatic heterocycles. The molecule has 164 valence electrons. The topological polar surface area (TPSA) is 66.4 Å². The number of hydrogen-bond donors (Lipinski definition) is 2. The van der Waals surface area contributed by atoms with Gasteiger partial charge < -0.3 is 10.4 Å². The zero-order valence-corrected chi connectivity index (χ0v) is 19.3. The standard InChI is InChI=1S/C22H32Cl3NO3/c1-2-10-20(27)26-19(17-12-14-18(23)15-13-17)11-8-6-4-3-5-7-9-16-22(24,25)21(28)29/h12-15,19H,2-11,16H2,1H3,(H,26,27)(H,28,29). The first-order valence-corrected chi connectivity index (χ1v) is 11.6. The Morgan fingerprint density at radius 1 is 1.00 bits per heavy atom. The molecule has 0 heterocycles. The number of carboxylic acids is 1. The number of hydrogen-bond acceptors (Lipinski definition) is 2. The lowest BCUT2D eigenvalue weighted by molar-refractivity contribution is -0.138. The van der Waals surface area contributed by atoms with Crippen LogP contribution in [0.2, 0.25) is 5.02 Å². The molecule has 1 aromatic carbocycles. The molecule has 4 nitrogen and oxygen atoms in total. The average molecular weight is 465 g/mol. The summed E-state index contributed by atoms with van der Waals surface area (Å²) in [5.41, 5.74) is 1.09. The third-order valence-electron chi connectivity index (χ3n) is 4.88. The highest BCUT2D eigenvalue weighted by Crippen LogP contribution is 2.28. The number of nitrogens with one attached hydrogen (secondary N) is 1. The minimum atomic E-state index is -1.67. The molecule has 0 saturated heterocycles. The Bertz CT molecular complexity index is 620. The molecule has 7 heteroatoms. The van der Waals surface area contributed by atoms with E-state index in [4.69, 9.17) is 39.9 Å². The van der Waals surface area contributed by atoms with Crippen molar-refractivity contribution >= 4 is 46.7 Å². The van der Waals surface area contributed by atoms with Crippen LogP contribution in [0.5, 0.6) is 0 Å². The molecular formula is C22H32Cl3NO3. The van der Waals surface area contributed by atoms with Gasteiger partial charge in [-0.3, -0.25) is 4.79 Å². The first-order chi connectivity index (χ1) is 13.8. The van der Waals surface area contributed by atoms with E-state index in [9.17, 15) is 9.59 Å². The van der Waals surface area contributed by atoms with Crippen LogP contribution in [0.3, 0.4) is 0 Å². The van der Waals surface area contributed by atoms with Crippen molar-refractivity contribution in [2.45, 2.75) is 87.9 Å². The van der Waals surface area contributed by atoms with Crippen LogP contribution in [-0.4, -0.2) is 21.3 Å². The summed E-state index contributed by atoms with van der Waals surface area (Å²) in [5.74, 6) is -1.09. The molecule has 0 aliphatic carbocycles. The number of carbonyl (C=O) groups excluding carboxylic acids is 1. The Hall–Kier alpha value is -0.970. The number of alkyl halides is 2. The van der Waals surface area contributed by atoms with Gasteiger partial charge in [0.15, 0.2) is 0 Å². The van der Waals surface area contributed by atoms with Crippen LogP contribution in [0.4, 0.5) is 0 Å². The molecular weight excluding hydrogens is 433 g/mol. The third-order valence-corrected chi connectivity index (χ3v) is 5.83. The van der Waals surface area contributed by atoms with Crippen LogP contribution < -0.4 is 5.32 Å². The van der Waals surface area contributed by atoms with Gasteiger partial charge in [-0.15, -0.1) is 0 Å². The zero-order chi connectivity index (χ0) is 21.7. The minimum Gasteiger partial charge on any atom is -0.479 e. The maximum atomic E-state index is 12.0. The van der Waals surface area contributed by atoms with Crippen molar-refractivity contribution < 1.29 is 14.7 Å². The van der Waals surface area contributed by atoms with E-state index in [1.54, 1.807) is 0 Å². The molecule has 1 rings (SSSR count). The molecule has 0 bridgehead atoms. The largest absolute Gasteiger partial charge is 0.479 e. The van der Waals surface area contributed by atoms with E-state index in [0.29, 0.717) is 17.9 Å². The molecule has 1 amide bonds. The van der Waals surface area contributed by atoms with Gasteiger partial charge in [0.2, 0.25) is 10.2 Å². The lowest BCUT2D eigenvalue weighted by atomic mass is 9.99. The van der Waals surface area contributed by atoms with E-state index in [0.717, 1.165) is 56.9 Å². The number of halogens is 3. The summed E-state index contributed by atoms with van der Waals surface area (Å²) in [4.78, 5) is 22.9. The number of carbonyl (C=O) groups is 2. The molecule has 29 heavy (non-hydrogen) atoms. The second kappa shape index (κ2) is 14.1. The molecule has 0 radical (unpaired) electrons. The second-order valence-electron chi connectivity index (χ2n) is 7.44. The smallest absolute Gasteiger partial charge is 0.340 e. The normalized spacial score (nSPS) is 12.6. The lowest BCUT2D eigenvalue weighted by Crippen LogP contribution is -2.28. The Labute approximate surface area is 189 Å². The lowest BCUT2D eigenvalue weighted by Gasteiger charge is -2.19. The van der Waals surface area contributed by atoms with E-state index >= 15 is 0 Å². The van der Waals surface area contributed by atoms with E-state index in [-0.39, 0.29) is 18.4 Å². The maximum absolute atomic E-state index is 12.0. The Morgan fingerprint density at radius 3 is 2.10 bits per heavy atom. The SMILES string of the molecule is CCCC(=O)NC(CCCCCCCCCC(Cl)(Cl)C(=O)O)c1ccc(Cl)cc1. The van der Waals surface area contributed by atoms with Crippen molar-refractivity contribution in [2.75, 3.05) is 0 Å². The van der Waals surface area contributed by atoms with E-state index in [1.807, 2.05) is 31.2 Å². The summed E-state index contributed by atoms with van der Waals surface area (Å²) in [6.07, 6.45) is 9.55. The molecule has 0 saturated carbocycles. The van der Waals surface area contributed by atoms with Gasteiger partial charge >= 0.3 is 5.97 Å². The van der Waals surface area contributed by atoms with Crippen molar-refractivity contribution in [3.05, 3.63) is 34.9 Å². The predicted molar refractivity (Wildman–Crippen MR) is 121 cm³/mol. The fraction of sp³-hybridized carbons (Fsp3) is 0.636. The molecule has 2 N–H and O–H groups in total. The highest BCUT2D eigenvalue weighted by atomic mass is 35.5. The molecule has 1 atom stereocenters. The number of carboxylic acid groups (broad SMARTS) is 1. The first kappa shape index (κ1) is 26.1. The fourth-order valence-electron chi connectivity index (χ4n) is 3.20. The monoisotopic (exact) mass is 463 g/mol. The van der Waals surface area contributed by atoms with Crippen molar-refractivity contribution in [2.24, 2.45) is 0 Å². The molecule has 0 fully saturated rings. The van der Waals surface area contributed by atoms with Gasteiger partial charge in [-0.2, -0.15) is 0 Å². The summed E-state index contributed by atoms with van der Waals surface area (Å²) in [7, 11) is 0. The van der Waals surface area contributed by atoms with Crippen LogP contribution in [0, 0.1) is 0 Å². The second-order valence-corrected chi connectivity index (χ2v) is 9.37.